The maximum Gasteiger partial charge on any atom is 0.207 e. The molecule has 0 fully saturated rings. The van der Waals surface area contributed by atoms with E-state index in [1.54, 1.807) is 25.3 Å². The van der Waals surface area contributed by atoms with Gasteiger partial charge >= 0.3 is 0 Å². The number of hydrogen-bond acceptors (Lipinski definition) is 3. The molecule has 1 heterocycles. The molecule has 1 aliphatic rings. The molecule has 96 valence electrons. The zero-order chi connectivity index (χ0) is 13.2. The molecule has 0 bridgehead atoms. The van der Waals surface area contributed by atoms with Crippen molar-refractivity contribution in [2.24, 2.45) is 0 Å². The third-order valence-corrected chi connectivity index (χ3v) is 3.28. The molecule has 3 nitrogen and oxygen atoms in total. The van der Waals surface area contributed by atoms with E-state index in [0.717, 1.165) is 5.56 Å². The number of ether oxygens (including phenoxy) is 2. The van der Waals surface area contributed by atoms with Crippen LogP contribution in [0.15, 0.2) is 48.5 Å². The number of methoxy groups -OCH3 is 1. The average molecular weight is 254 g/mol. The monoisotopic (exact) mass is 254 g/mol. The molecule has 0 radical (unpaired) electrons. The first-order valence-electron chi connectivity index (χ1n) is 6.21. The van der Waals surface area contributed by atoms with Gasteiger partial charge in [-0.05, 0) is 23.8 Å². The van der Waals surface area contributed by atoms with Crippen LogP contribution in [-0.4, -0.2) is 19.0 Å². The molecule has 1 unspecified atom stereocenters. The highest BCUT2D eigenvalue weighted by molar-refractivity contribution is 6.05. The maximum absolute atomic E-state index is 12.3. The first kappa shape index (κ1) is 11.8. The molecule has 0 spiro atoms. The first-order chi connectivity index (χ1) is 9.28. The van der Waals surface area contributed by atoms with E-state index in [1.165, 1.54) is 0 Å². The van der Waals surface area contributed by atoms with Gasteiger partial charge in [0.05, 0.1) is 12.7 Å². The van der Waals surface area contributed by atoms with Gasteiger partial charge in [-0.1, -0.05) is 30.3 Å². The van der Waals surface area contributed by atoms with Crippen molar-refractivity contribution in [2.75, 3.05) is 7.11 Å². The van der Waals surface area contributed by atoms with Gasteiger partial charge in [0, 0.05) is 6.42 Å². The Kier molecular flexibility index (Phi) is 2.95. The van der Waals surface area contributed by atoms with Crippen molar-refractivity contribution in [3.63, 3.8) is 0 Å². The van der Waals surface area contributed by atoms with E-state index in [2.05, 4.69) is 0 Å². The Bertz CT molecular complexity index is 605. The Hall–Kier alpha value is -2.29. The van der Waals surface area contributed by atoms with Gasteiger partial charge in [0.15, 0.2) is 6.10 Å². The molecule has 0 N–H and O–H groups in total. The van der Waals surface area contributed by atoms with Crippen LogP contribution in [0.2, 0.25) is 0 Å². The number of rotatable bonds is 3. The maximum atomic E-state index is 12.3. The summed E-state index contributed by atoms with van der Waals surface area (Å²) in [5, 5.41) is 0. The van der Waals surface area contributed by atoms with E-state index in [1.807, 2.05) is 30.3 Å². The number of hydrogen-bond donors (Lipinski definition) is 0. The van der Waals surface area contributed by atoms with Crippen LogP contribution in [0.1, 0.15) is 15.9 Å². The summed E-state index contributed by atoms with van der Waals surface area (Å²) in [5.41, 5.74) is 1.71. The Morgan fingerprint density at radius 1 is 1.16 bits per heavy atom. The Morgan fingerprint density at radius 3 is 2.68 bits per heavy atom. The van der Waals surface area contributed by atoms with Crippen LogP contribution in [-0.2, 0) is 6.42 Å². The number of benzene rings is 2. The van der Waals surface area contributed by atoms with Gasteiger partial charge in [0.25, 0.3) is 0 Å². The molecule has 3 heteroatoms. The second kappa shape index (κ2) is 4.76. The van der Waals surface area contributed by atoms with Gasteiger partial charge in [-0.15, -0.1) is 0 Å². The fourth-order valence-electron chi connectivity index (χ4n) is 2.27. The molecule has 1 aliphatic heterocycles. The molecule has 0 saturated carbocycles. The van der Waals surface area contributed by atoms with Crippen LogP contribution < -0.4 is 9.47 Å². The molecule has 0 aromatic heterocycles. The summed E-state index contributed by atoms with van der Waals surface area (Å²) in [5.74, 6) is 1.35. The Balaban J connectivity index is 1.83. The molecule has 2 aromatic carbocycles. The van der Waals surface area contributed by atoms with E-state index >= 15 is 0 Å². The molecule has 0 saturated heterocycles. The number of carbonyl (C=O) groups excluding carboxylic acids is 1. The largest absolute Gasteiger partial charge is 0.497 e. The normalized spacial score (nSPS) is 16.9. The summed E-state index contributed by atoms with van der Waals surface area (Å²) in [7, 11) is 1.59. The molecule has 0 amide bonds. The molecule has 3 rings (SSSR count). The average Bonchev–Trinajstić information content (AvgIpc) is 2.76. The second-order valence-corrected chi connectivity index (χ2v) is 4.52. The van der Waals surface area contributed by atoms with Crippen molar-refractivity contribution in [3.05, 3.63) is 59.7 Å². The van der Waals surface area contributed by atoms with E-state index < -0.39 is 6.10 Å². The third kappa shape index (κ3) is 2.19. The highest BCUT2D eigenvalue weighted by atomic mass is 16.5. The molecular formula is C16H14O3. The van der Waals surface area contributed by atoms with Crippen LogP contribution in [0, 0.1) is 0 Å². The predicted octanol–water partition coefficient (Wildman–Crippen LogP) is 2.88. The fourth-order valence-corrected chi connectivity index (χ4v) is 2.27. The van der Waals surface area contributed by atoms with Crippen LogP contribution >= 0.6 is 0 Å². The highest BCUT2D eigenvalue weighted by Gasteiger charge is 2.32. The van der Waals surface area contributed by atoms with Crippen LogP contribution in [0.3, 0.4) is 0 Å². The predicted molar refractivity (Wildman–Crippen MR) is 71.9 cm³/mol. The van der Waals surface area contributed by atoms with Gasteiger partial charge in [0.1, 0.15) is 11.5 Å². The van der Waals surface area contributed by atoms with Crippen molar-refractivity contribution in [1.82, 2.24) is 0 Å². The van der Waals surface area contributed by atoms with Crippen LogP contribution in [0.5, 0.6) is 11.5 Å². The van der Waals surface area contributed by atoms with Crippen LogP contribution in [0.4, 0.5) is 0 Å². The highest BCUT2D eigenvalue weighted by Crippen LogP contribution is 2.32. The first-order valence-corrected chi connectivity index (χ1v) is 6.21. The lowest BCUT2D eigenvalue weighted by molar-refractivity contribution is 0.0857. The van der Waals surface area contributed by atoms with Crippen molar-refractivity contribution >= 4 is 5.78 Å². The lowest BCUT2D eigenvalue weighted by Gasteiger charge is -2.08. The molecule has 19 heavy (non-hydrogen) atoms. The van der Waals surface area contributed by atoms with Crippen molar-refractivity contribution < 1.29 is 14.3 Å². The lowest BCUT2D eigenvalue weighted by atomic mass is 10.0. The van der Waals surface area contributed by atoms with E-state index in [-0.39, 0.29) is 5.78 Å². The minimum Gasteiger partial charge on any atom is -0.497 e. The SMILES string of the molecule is COc1ccc2c(c1)C(=O)C(Cc1ccccc1)O2. The van der Waals surface area contributed by atoms with Gasteiger partial charge in [-0.2, -0.15) is 0 Å². The van der Waals surface area contributed by atoms with Gasteiger partial charge < -0.3 is 9.47 Å². The summed E-state index contributed by atoms with van der Waals surface area (Å²) < 4.78 is 10.9. The van der Waals surface area contributed by atoms with Crippen molar-refractivity contribution in [2.45, 2.75) is 12.5 Å². The fraction of sp³-hybridized carbons (Fsp3) is 0.188. The van der Waals surface area contributed by atoms with Gasteiger partial charge in [0.2, 0.25) is 5.78 Å². The Morgan fingerprint density at radius 2 is 1.95 bits per heavy atom. The minimum atomic E-state index is -0.426. The standard InChI is InChI=1S/C16H14O3/c1-18-12-7-8-14-13(10-12)16(17)15(19-14)9-11-5-3-2-4-6-11/h2-8,10,15H,9H2,1H3. The third-order valence-electron chi connectivity index (χ3n) is 3.28. The van der Waals surface area contributed by atoms with Gasteiger partial charge in [-0.25, -0.2) is 0 Å². The van der Waals surface area contributed by atoms with Crippen LogP contribution in [0.25, 0.3) is 0 Å². The number of Topliss-reactive ketones (excluding diaryl/α,β-unsaturated/α-hetero) is 1. The molecular weight excluding hydrogens is 240 g/mol. The van der Waals surface area contributed by atoms with E-state index in [4.69, 9.17) is 9.47 Å². The zero-order valence-corrected chi connectivity index (χ0v) is 10.6. The molecule has 2 aromatic rings. The second-order valence-electron chi connectivity index (χ2n) is 4.52. The molecule has 0 aliphatic carbocycles. The topological polar surface area (TPSA) is 35.5 Å². The Labute approximate surface area is 111 Å². The number of carbonyl (C=O) groups is 1. The molecule has 1 atom stereocenters. The summed E-state index contributed by atoms with van der Waals surface area (Å²) in [6.07, 6.45) is 0.168. The number of ketones is 1. The summed E-state index contributed by atoms with van der Waals surface area (Å²) in [4.78, 5) is 12.3. The summed E-state index contributed by atoms with van der Waals surface area (Å²) in [6, 6.07) is 15.2. The summed E-state index contributed by atoms with van der Waals surface area (Å²) in [6.45, 7) is 0. The lowest BCUT2D eigenvalue weighted by Crippen LogP contribution is -2.23. The van der Waals surface area contributed by atoms with Crippen molar-refractivity contribution in [3.8, 4) is 11.5 Å². The number of fused-ring (bicyclic) bond motifs is 1. The van der Waals surface area contributed by atoms with E-state index in [9.17, 15) is 4.79 Å². The quantitative estimate of drug-likeness (QED) is 0.844. The van der Waals surface area contributed by atoms with Crippen molar-refractivity contribution in [1.29, 1.82) is 0 Å². The summed E-state index contributed by atoms with van der Waals surface area (Å²) >= 11 is 0. The van der Waals surface area contributed by atoms with Gasteiger partial charge in [-0.3, -0.25) is 4.79 Å². The minimum absolute atomic E-state index is 0.0257. The zero-order valence-electron chi connectivity index (χ0n) is 10.6. The van der Waals surface area contributed by atoms with E-state index in [0.29, 0.717) is 23.5 Å². The smallest absolute Gasteiger partial charge is 0.207 e.